The zero-order valence-corrected chi connectivity index (χ0v) is 10.7. The van der Waals surface area contributed by atoms with Crippen LogP contribution in [0.3, 0.4) is 0 Å². The van der Waals surface area contributed by atoms with Gasteiger partial charge in [0.05, 0.1) is 30.2 Å². The van der Waals surface area contributed by atoms with Gasteiger partial charge in [-0.15, -0.1) is 0 Å². The molecule has 0 saturated carbocycles. The van der Waals surface area contributed by atoms with Crippen molar-refractivity contribution in [3.63, 3.8) is 0 Å². The molecule has 1 heterocycles. The fraction of sp³-hybridized carbons (Fsp3) is 0.182. The highest BCUT2D eigenvalue weighted by atomic mass is 19.1. The number of halogens is 1. The van der Waals surface area contributed by atoms with Crippen LogP contribution in [0.5, 0.6) is 0 Å². The Bertz CT molecular complexity index is 674. The molecule has 2 aromatic rings. The molecule has 0 aliphatic heterocycles. The summed E-state index contributed by atoms with van der Waals surface area (Å²) in [4.78, 5) is 25.3. The minimum Gasteiger partial charge on any atom is -0.465 e. The van der Waals surface area contributed by atoms with Crippen molar-refractivity contribution in [2.75, 3.05) is 12.4 Å². The number of carbonyl (C=O) groups excluding carboxylic acids is 1. The number of benzene rings is 1. The minimum atomic E-state index is -1.04. The molecular weight excluding hydrogens is 287 g/mol. The molecule has 0 bridgehead atoms. The molecule has 0 unspecified atom stereocenters. The van der Waals surface area contributed by atoms with Gasteiger partial charge in [0.15, 0.2) is 5.82 Å². The Labute approximate surface area is 116 Å². The molecule has 110 valence electrons. The Hall–Kier alpha value is -3.04. The zero-order valence-electron chi connectivity index (χ0n) is 10.7. The molecule has 2 rings (SSSR count). The molecule has 1 aromatic heterocycles. The Morgan fingerprint density at radius 2 is 2.33 bits per heavy atom. The molecule has 1 aromatic carbocycles. The number of anilines is 1. The van der Waals surface area contributed by atoms with Crippen LogP contribution in [0.15, 0.2) is 23.0 Å². The number of carbonyl (C=O) groups is 1. The van der Waals surface area contributed by atoms with Crippen LogP contribution in [0.4, 0.5) is 15.8 Å². The summed E-state index contributed by atoms with van der Waals surface area (Å²) < 4.78 is 22.6. The molecule has 0 radical (unpaired) electrons. The third-order valence-corrected chi connectivity index (χ3v) is 2.53. The van der Waals surface area contributed by atoms with Gasteiger partial charge < -0.3 is 14.6 Å². The van der Waals surface area contributed by atoms with Gasteiger partial charge >= 0.3 is 5.97 Å². The Morgan fingerprint density at radius 3 is 2.90 bits per heavy atom. The van der Waals surface area contributed by atoms with Gasteiger partial charge in [0.25, 0.3) is 5.69 Å². The molecule has 10 heteroatoms. The predicted molar refractivity (Wildman–Crippen MR) is 66.0 cm³/mol. The highest BCUT2D eigenvalue weighted by Crippen LogP contribution is 2.28. The number of nitrogens with one attached hydrogen (secondary N) is 1. The van der Waals surface area contributed by atoms with E-state index in [1.165, 1.54) is 0 Å². The van der Waals surface area contributed by atoms with Gasteiger partial charge in [0.1, 0.15) is 11.5 Å². The molecule has 1 N–H and O–H groups in total. The molecule has 9 nitrogen and oxygen atoms in total. The van der Waals surface area contributed by atoms with Gasteiger partial charge in [0.2, 0.25) is 6.39 Å². The maximum Gasteiger partial charge on any atom is 0.340 e. The van der Waals surface area contributed by atoms with E-state index in [-0.39, 0.29) is 18.1 Å². The number of aromatic nitrogens is 2. The number of methoxy groups -OCH3 is 1. The lowest BCUT2D eigenvalue weighted by molar-refractivity contribution is -0.384. The monoisotopic (exact) mass is 296 g/mol. The van der Waals surface area contributed by atoms with Crippen molar-refractivity contribution in [2.24, 2.45) is 0 Å². The van der Waals surface area contributed by atoms with Crippen molar-refractivity contribution in [3.8, 4) is 0 Å². The average Bonchev–Trinajstić information content (AvgIpc) is 2.98. The molecular formula is C11H9FN4O5. The fourth-order valence-corrected chi connectivity index (χ4v) is 1.57. The summed E-state index contributed by atoms with van der Waals surface area (Å²) >= 11 is 0. The number of nitro groups is 1. The Morgan fingerprint density at radius 1 is 1.57 bits per heavy atom. The SMILES string of the molecule is COC(=O)c1cc(NCc2ncon2)c([N+](=O)[O-])cc1F. The van der Waals surface area contributed by atoms with Gasteiger partial charge in [-0.05, 0) is 6.07 Å². The third kappa shape index (κ3) is 3.11. The first-order valence-electron chi connectivity index (χ1n) is 5.58. The second-order valence-electron chi connectivity index (χ2n) is 3.80. The predicted octanol–water partition coefficient (Wildman–Crippen LogP) is 1.52. The van der Waals surface area contributed by atoms with Crippen LogP contribution < -0.4 is 5.32 Å². The van der Waals surface area contributed by atoms with E-state index in [1.54, 1.807) is 0 Å². The minimum absolute atomic E-state index is 0.00356. The molecule has 0 amide bonds. The molecule has 0 saturated heterocycles. The standard InChI is InChI=1S/C11H9FN4O5/c1-20-11(17)6-2-8(9(16(18)19)3-7(6)12)13-4-10-14-5-21-15-10/h2-3,5,13H,4H2,1H3. The van der Waals surface area contributed by atoms with Crippen molar-refractivity contribution in [3.05, 3.63) is 45.8 Å². The largest absolute Gasteiger partial charge is 0.465 e. The fourth-order valence-electron chi connectivity index (χ4n) is 1.57. The van der Waals surface area contributed by atoms with E-state index in [4.69, 9.17) is 0 Å². The molecule has 0 fully saturated rings. The Balaban J connectivity index is 2.35. The van der Waals surface area contributed by atoms with Gasteiger partial charge in [-0.25, -0.2) is 9.18 Å². The van der Waals surface area contributed by atoms with Crippen molar-refractivity contribution >= 4 is 17.3 Å². The first-order valence-corrected chi connectivity index (χ1v) is 5.58. The summed E-state index contributed by atoms with van der Waals surface area (Å²) in [5.41, 5.74) is -1.01. The van der Waals surface area contributed by atoms with Crippen LogP contribution in [0.2, 0.25) is 0 Å². The first kappa shape index (κ1) is 14.4. The van der Waals surface area contributed by atoms with Crippen LogP contribution in [0.1, 0.15) is 16.2 Å². The number of ether oxygens (including phenoxy) is 1. The lowest BCUT2D eigenvalue weighted by Crippen LogP contribution is -2.09. The second kappa shape index (κ2) is 5.94. The van der Waals surface area contributed by atoms with E-state index < -0.39 is 28.0 Å². The molecule has 0 spiro atoms. The third-order valence-electron chi connectivity index (χ3n) is 2.53. The van der Waals surface area contributed by atoms with Crippen LogP contribution in [0.25, 0.3) is 0 Å². The van der Waals surface area contributed by atoms with E-state index in [1.807, 2.05) is 0 Å². The van der Waals surface area contributed by atoms with Gasteiger partial charge in [-0.1, -0.05) is 5.16 Å². The summed E-state index contributed by atoms with van der Waals surface area (Å²) in [6.45, 7) is 0.00356. The maximum absolute atomic E-state index is 13.7. The number of rotatable bonds is 5. The summed E-state index contributed by atoms with van der Waals surface area (Å²) in [5, 5.41) is 17.1. The molecule has 0 aliphatic carbocycles. The molecule has 21 heavy (non-hydrogen) atoms. The number of nitrogens with zero attached hydrogens (tertiary/aromatic N) is 3. The van der Waals surface area contributed by atoms with E-state index in [0.717, 1.165) is 19.6 Å². The highest BCUT2D eigenvalue weighted by molar-refractivity contribution is 5.91. The quantitative estimate of drug-likeness (QED) is 0.500. The molecule has 0 aliphatic rings. The van der Waals surface area contributed by atoms with E-state index >= 15 is 0 Å². The van der Waals surface area contributed by atoms with Crippen molar-refractivity contribution < 1.29 is 23.4 Å². The van der Waals surface area contributed by atoms with Gasteiger partial charge in [0, 0.05) is 0 Å². The summed E-state index contributed by atoms with van der Waals surface area (Å²) in [6.07, 6.45) is 1.09. The number of esters is 1. The van der Waals surface area contributed by atoms with Crippen LogP contribution in [-0.2, 0) is 11.3 Å². The van der Waals surface area contributed by atoms with Crippen LogP contribution in [0, 0.1) is 15.9 Å². The normalized spacial score (nSPS) is 10.2. The van der Waals surface area contributed by atoms with Crippen molar-refractivity contribution in [1.82, 2.24) is 10.1 Å². The van der Waals surface area contributed by atoms with E-state index in [9.17, 15) is 19.3 Å². The van der Waals surface area contributed by atoms with Gasteiger partial charge in [-0.3, -0.25) is 10.1 Å². The van der Waals surface area contributed by atoms with Crippen LogP contribution >= 0.6 is 0 Å². The summed E-state index contributed by atoms with van der Waals surface area (Å²) in [7, 11) is 1.08. The van der Waals surface area contributed by atoms with Crippen molar-refractivity contribution in [1.29, 1.82) is 0 Å². The van der Waals surface area contributed by atoms with E-state index in [2.05, 4.69) is 24.7 Å². The lowest BCUT2D eigenvalue weighted by atomic mass is 10.1. The molecule has 0 atom stereocenters. The zero-order chi connectivity index (χ0) is 15.4. The lowest BCUT2D eigenvalue weighted by Gasteiger charge is -2.08. The Kier molecular flexibility index (Phi) is 4.07. The summed E-state index contributed by atoms with van der Waals surface area (Å²) in [6, 6.07) is 1.64. The van der Waals surface area contributed by atoms with Crippen LogP contribution in [-0.4, -0.2) is 28.1 Å². The summed E-state index contributed by atoms with van der Waals surface area (Å²) in [5.74, 6) is -1.74. The smallest absolute Gasteiger partial charge is 0.340 e. The first-order chi connectivity index (χ1) is 10.0. The number of hydrogen-bond acceptors (Lipinski definition) is 8. The van der Waals surface area contributed by atoms with Crippen molar-refractivity contribution in [2.45, 2.75) is 6.54 Å². The highest BCUT2D eigenvalue weighted by Gasteiger charge is 2.22. The maximum atomic E-state index is 13.7. The number of nitro benzene ring substituents is 1. The average molecular weight is 296 g/mol. The van der Waals surface area contributed by atoms with Gasteiger partial charge in [-0.2, -0.15) is 4.98 Å². The van der Waals surface area contributed by atoms with E-state index in [0.29, 0.717) is 6.07 Å². The second-order valence-corrected chi connectivity index (χ2v) is 3.80. The topological polar surface area (TPSA) is 120 Å². The number of hydrogen-bond donors (Lipinski definition) is 1.